The van der Waals surface area contributed by atoms with Gasteiger partial charge in [0.25, 0.3) is 0 Å². The predicted octanol–water partition coefficient (Wildman–Crippen LogP) is 1.99. The number of amides is 2. The summed E-state index contributed by atoms with van der Waals surface area (Å²) in [6.45, 7) is 0.588. The Bertz CT molecular complexity index is 341. The molecule has 0 aliphatic heterocycles. The van der Waals surface area contributed by atoms with Crippen molar-refractivity contribution >= 4 is 6.03 Å². The fourth-order valence-corrected chi connectivity index (χ4v) is 1.60. The molecule has 2 rings (SSSR count). The van der Waals surface area contributed by atoms with Gasteiger partial charge in [-0.3, -0.25) is 0 Å². The number of hydrogen-bond donors (Lipinski definition) is 2. The van der Waals surface area contributed by atoms with Crippen LogP contribution in [0, 0.1) is 0 Å². The van der Waals surface area contributed by atoms with Crippen molar-refractivity contribution in [2.75, 3.05) is 7.05 Å². The number of carbonyl (C=O) groups is 1. The molecular weight excluding hydrogens is 188 g/mol. The Morgan fingerprint density at radius 1 is 1.33 bits per heavy atom. The zero-order valence-corrected chi connectivity index (χ0v) is 8.92. The van der Waals surface area contributed by atoms with Crippen LogP contribution in [0.2, 0.25) is 0 Å². The minimum absolute atomic E-state index is 0.138. The van der Waals surface area contributed by atoms with Gasteiger partial charge in [-0.05, 0) is 29.9 Å². The van der Waals surface area contributed by atoms with E-state index in [9.17, 15) is 4.79 Å². The first-order valence-corrected chi connectivity index (χ1v) is 5.34. The van der Waals surface area contributed by atoms with E-state index in [2.05, 4.69) is 34.9 Å². The van der Waals surface area contributed by atoms with E-state index in [1.165, 1.54) is 18.4 Å². The van der Waals surface area contributed by atoms with Crippen LogP contribution in [0.25, 0.3) is 0 Å². The van der Waals surface area contributed by atoms with E-state index in [-0.39, 0.29) is 6.03 Å². The number of urea groups is 1. The lowest BCUT2D eigenvalue weighted by Crippen LogP contribution is -2.32. The maximum atomic E-state index is 10.9. The summed E-state index contributed by atoms with van der Waals surface area (Å²) in [6, 6.07) is 8.37. The van der Waals surface area contributed by atoms with Gasteiger partial charge in [-0.25, -0.2) is 4.79 Å². The standard InChI is InChI=1S/C12H16N2O/c1-13-12(15)14-8-9-2-4-10(5-3-9)11-6-7-11/h2-5,11H,6-8H2,1H3,(H2,13,14,15). The van der Waals surface area contributed by atoms with E-state index in [1.54, 1.807) is 7.05 Å². The van der Waals surface area contributed by atoms with Crippen LogP contribution in [0.3, 0.4) is 0 Å². The second-order valence-electron chi connectivity index (χ2n) is 3.95. The first kappa shape index (κ1) is 10.0. The molecule has 80 valence electrons. The SMILES string of the molecule is CNC(=O)NCc1ccc(C2CC2)cc1. The molecule has 0 atom stereocenters. The van der Waals surface area contributed by atoms with Gasteiger partial charge in [0.15, 0.2) is 0 Å². The summed E-state index contributed by atoms with van der Waals surface area (Å²) in [7, 11) is 1.62. The van der Waals surface area contributed by atoms with Gasteiger partial charge < -0.3 is 10.6 Å². The van der Waals surface area contributed by atoms with Crippen molar-refractivity contribution in [2.45, 2.75) is 25.3 Å². The summed E-state index contributed by atoms with van der Waals surface area (Å²) < 4.78 is 0. The second-order valence-corrected chi connectivity index (χ2v) is 3.95. The third-order valence-corrected chi connectivity index (χ3v) is 2.71. The molecule has 0 heterocycles. The molecule has 1 aliphatic carbocycles. The number of carbonyl (C=O) groups excluding carboxylic acids is 1. The van der Waals surface area contributed by atoms with Gasteiger partial charge >= 0.3 is 6.03 Å². The highest BCUT2D eigenvalue weighted by Crippen LogP contribution is 2.39. The van der Waals surface area contributed by atoms with Gasteiger partial charge in [0.05, 0.1) is 0 Å². The fourth-order valence-electron chi connectivity index (χ4n) is 1.60. The van der Waals surface area contributed by atoms with Crippen molar-refractivity contribution < 1.29 is 4.79 Å². The van der Waals surface area contributed by atoms with Crippen LogP contribution >= 0.6 is 0 Å². The molecule has 0 saturated heterocycles. The molecule has 2 amide bonds. The van der Waals surface area contributed by atoms with Crippen molar-refractivity contribution in [1.82, 2.24) is 10.6 Å². The van der Waals surface area contributed by atoms with Crippen molar-refractivity contribution in [2.24, 2.45) is 0 Å². The van der Waals surface area contributed by atoms with Gasteiger partial charge in [-0.15, -0.1) is 0 Å². The number of rotatable bonds is 3. The lowest BCUT2D eigenvalue weighted by Gasteiger charge is -2.05. The number of hydrogen-bond acceptors (Lipinski definition) is 1. The molecule has 0 radical (unpaired) electrons. The Hall–Kier alpha value is -1.51. The first-order chi connectivity index (χ1) is 7.29. The zero-order valence-electron chi connectivity index (χ0n) is 8.92. The van der Waals surface area contributed by atoms with Crippen molar-refractivity contribution in [3.63, 3.8) is 0 Å². The summed E-state index contributed by atoms with van der Waals surface area (Å²) in [4.78, 5) is 10.9. The van der Waals surface area contributed by atoms with Crippen LogP contribution in [0.1, 0.15) is 29.9 Å². The maximum absolute atomic E-state index is 10.9. The Morgan fingerprint density at radius 3 is 2.53 bits per heavy atom. The molecule has 1 saturated carbocycles. The molecule has 0 unspecified atom stereocenters. The average Bonchev–Trinajstić information content (AvgIpc) is 3.10. The highest BCUT2D eigenvalue weighted by Gasteiger charge is 2.22. The number of nitrogens with one attached hydrogen (secondary N) is 2. The molecule has 0 bridgehead atoms. The zero-order chi connectivity index (χ0) is 10.7. The molecule has 0 aromatic heterocycles. The molecule has 1 aromatic rings. The highest BCUT2D eigenvalue weighted by molar-refractivity contribution is 5.73. The predicted molar refractivity (Wildman–Crippen MR) is 59.7 cm³/mol. The Balaban J connectivity index is 1.89. The third-order valence-electron chi connectivity index (χ3n) is 2.71. The van der Waals surface area contributed by atoms with Gasteiger partial charge in [-0.1, -0.05) is 24.3 Å². The lowest BCUT2D eigenvalue weighted by molar-refractivity contribution is 0.242. The minimum Gasteiger partial charge on any atom is -0.341 e. The van der Waals surface area contributed by atoms with Gasteiger partial charge in [0, 0.05) is 13.6 Å². The molecule has 1 aliphatic rings. The van der Waals surface area contributed by atoms with Crippen molar-refractivity contribution in [3.05, 3.63) is 35.4 Å². The van der Waals surface area contributed by atoms with Crippen LogP contribution in [0.4, 0.5) is 4.79 Å². The van der Waals surface area contributed by atoms with E-state index in [0.717, 1.165) is 11.5 Å². The van der Waals surface area contributed by atoms with E-state index in [4.69, 9.17) is 0 Å². The lowest BCUT2D eigenvalue weighted by atomic mass is 10.1. The van der Waals surface area contributed by atoms with Crippen LogP contribution in [-0.4, -0.2) is 13.1 Å². The van der Waals surface area contributed by atoms with Gasteiger partial charge in [-0.2, -0.15) is 0 Å². The summed E-state index contributed by atoms with van der Waals surface area (Å²) in [5.74, 6) is 0.797. The maximum Gasteiger partial charge on any atom is 0.314 e. The van der Waals surface area contributed by atoms with Gasteiger partial charge in [0.1, 0.15) is 0 Å². The average molecular weight is 204 g/mol. The van der Waals surface area contributed by atoms with Crippen molar-refractivity contribution in [3.8, 4) is 0 Å². The quantitative estimate of drug-likeness (QED) is 0.776. The van der Waals surface area contributed by atoms with Crippen LogP contribution in [0.15, 0.2) is 24.3 Å². The molecule has 3 nitrogen and oxygen atoms in total. The van der Waals surface area contributed by atoms with E-state index < -0.39 is 0 Å². The molecule has 15 heavy (non-hydrogen) atoms. The fraction of sp³-hybridized carbons (Fsp3) is 0.417. The summed E-state index contributed by atoms with van der Waals surface area (Å²) in [5.41, 5.74) is 2.57. The molecular formula is C12H16N2O. The van der Waals surface area contributed by atoms with E-state index in [0.29, 0.717) is 6.54 Å². The summed E-state index contributed by atoms with van der Waals surface area (Å²) in [5, 5.41) is 5.29. The normalized spacial score (nSPS) is 14.7. The largest absolute Gasteiger partial charge is 0.341 e. The van der Waals surface area contributed by atoms with Gasteiger partial charge in [0.2, 0.25) is 0 Å². The summed E-state index contributed by atoms with van der Waals surface area (Å²) >= 11 is 0. The van der Waals surface area contributed by atoms with Crippen LogP contribution in [0.5, 0.6) is 0 Å². The smallest absolute Gasteiger partial charge is 0.314 e. The Kier molecular flexibility index (Phi) is 2.90. The Labute approximate surface area is 89.9 Å². The van der Waals surface area contributed by atoms with E-state index >= 15 is 0 Å². The minimum atomic E-state index is -0.138. The third kappa shape index (κ3) is 2.72. The first-order valence-electron chi connectivity index (χ1n) is 5.34. The topological polar surface area (TPSA) is 41.1 Å². The van der Waals surface area contributed by atoms with Crippen molar-refractivity contribution in [1.29, 1.82) is 0 Å². The molecule has 3 heteroatoms. The number of benzene rings is 1. The Morgan fingerprint density at radius 2 is 2.00 bits per heavy atom. The molecule has 1 aromatic carbocycles. The molecule has 0 spiro atoms. The molecule has 2 N–H and O–H groups in total. The summed E-state index contributed by atoms with van der Waals surface area (Å²) in [6.07, 6.45) is 2.66. The highest BCUT2D eigenvalue weighted by atomic mass is 16.2. The molecule has 1 fully saturated rings. The van der Waals surface area contributed by atoms with E-state index in [1.807, 2.05) is 0 Å². The van der Waals surface area contributed by atoms with Crippen LogP contribution in [-0.2, 0) is 6.54 Å². The second kappa shape index (κ2) is 4.34. The monoisotopic (exact) mass is 204 g/mol. The van der Waals surface area contributed by atoms with Crippen LogP contribution < -0.4 is 10.6 Å².